The van der Waals surface area contributed by atoms with Crippen LogP contribution in [0.2, 0.25) is 0 Å². The number of carbonyl (C=O) groups is 2. The predicted octanol–water partition coefficient (Wildman–Crippen LogP) is 2.63. The summed E-state index contributed by atoms with van der Waals surface area (Å²) in [4.78, 5) is 36.1. The van der Waals surface area contributed by atoms with Crippen LogP contribution in [0.1, 0.15) is 32.3 Å². The van der Waals surface area contributed by atoms with Crippen molar-refractivity contribution in [3.05, 3.63) is 65.3 Å². The van der Waals surface area contributed by atoms with E-state index in [-0.39, 0.29) is 41.4 Å². The van der Waals surface area contributed by atoms with Gasteiger partial charge in [-0.1, -0.05) is 23.4 Å². The Balaban J connectivity index is 1.29. The molecule has 2 aliphatic rings. The van der Waals surface area contributed by atoms with Gasteiger partial charge in [-0.15, -0.1) is 0 Å². The van der Waals surface area contributed by atoms with Gasteiger partial charge in [-0.25, -0.2) is 0 Å². The van der Waals surface area contributed by atoms with Crippen LogP contribution in [0.15, 0.2) is 47.1 Å². The first-order valence-electron chi connectivity index (χ1n) is 9.37. The molecule has 3 aromatic rings. The lowest BCUT2D eigenvalue weighted by molar-refractivity contribution is -0.159. The van der Waals surface area contributed by atoms with Crippen molar-refractivity contribution >= 4 is 11.8 Å². The average molecular weight is 429 g/mol. The molecule has 2 aromatic heterocycles. The summed E-state index contributed by atoms with van der Waals surface area (Å²) in [5.74, 6) is -2.15. The number of alkyl halides is 3. The highest BCUT2D eigenvalue weighted by Gasteiger charge is 2.42. The maximum Gasteiger partial charge on any atom is 0.471 e. The summed E-state index contributed by atoms with van der Waals surface area (Å²) >= 11 is 0. The van der Waals surface area contributed by atoms with E-state index in [0.717, 1.165) is 0 Å². The third kappa shape index (κ3) is 3.31. The molecular weight excluding hydrogens is 415 g/mol. The zero-order valence-corrected chi connectivity index (χ0v) is 15.8. The van der Waals surface area contributed by atoms with Crippen LogP contribution in [0, 0.1) is 0 Å². The molecule has 2 amide bonds. The van der Waals surface area contributed by atoms with E-state index >= 15 is 0 Å². The number of nitrogens with zero attached hydrogens (tertiary/aromatic N) is 5. The Morgan fingerprint density at radius 2 is 1.90 bits per heavy atom. The molecular formula is C20H14F3N5O3. The molecule has 0 spiro atoms. The van der Waals surface area contributed by atoms with Crippen LogP contribution in [-0.2, 0) is 12.7 Å². The quantitative estimate of drug-likeness (QED) is 0.636. The number of carbonyl (C=O) groups excluding carboxylic acids is 2. The Morgan fingerprint density at radius 1 is 1.16 bits per heavy atom. The van der Waals surface area contributed by atoms with Gasteiger partial charge in [0, 0.05) is 30.4 Å². The molecule has 0 saturated carbocycles. The van der Waals surface area contributed by atoms with Crippen molar-refractivity contribution in [3.8, 4) is 11.4 Å². The second-order valence-corrected chi connectivity index (χ2v) is 7.30. The number of pyridine rings is 1. The van der Waals surface area contributed by atoms with Gasteiger partial charge in [-0.2, -0.15) is 18.2 Å². The minimum Gasteiger partial charge on any atom is -0.334 e. The zero-order chi connectivity index (χ0) is 21.8. The molecule has 1 aromatic carbocycles. The van der Waals surface area contributed by atoms with Crippen LogP contribution < -0.4 is 0 Å². The number of aromatic nitrogens is 3. The van der Waals surface area contributed by atoms with Gasteiger partial charge >= 0.3 is 12.1 Å². The lowest BCUT2D eigenvalue weighted by Crippen LogP contribution is -2.61. The standard InChI is InChI=1S/C20H14F3N5O3/c21-20(22,23)19-25-16(26-31-19)12-6-14-15(24-7-12)10-28(18(14)30)13-8-27(9-13)17(29)11-4-2-1-3-5-11/h1-7,13H,8-10H2. The summed E-state index contributed by atoms with van der Waals surface area (Å²) in [7, 11) is 0. The number of benzene rings is 1. The van der Waals surface area contributed by atoms with Crippen LogP contribution in [0.4, 0.5) is 13.2 Å². The van der Waals surface area contributed by atoms with Crippen molar-refractivity contribution in [2.75, 3.05) is 13.1 Å². The predicted molar refractivity (Wildman–Crippen MR) is 98.5 cm³/mol. The smallest absolute Gasteiger partial charge is 0.334 e. The normalized spacial score (nSPS) is 16.4. The van der Waals surface area contributed by atoms with E-state index in [0.29, 0.717) is 24.3 Å². The minimum atomic E-state index is -4.75. The summed E-state index contributed by atoms with van der Waals surface area (Å²) < 4.78 is 42.3. The van der Waals surface area contributed by atoms with E-state index in [9.17, 15) is 22.8 Å². The maximum absolute atomic E-state index is 12.9. The lowest BCUT2D eigenvalue weighted by atomic mass is 10.0. The molecule has 4 heterocycles. The van der Waals surface area contributed by atoms with Gasteiger partial charge < -0.3 is 14.3 Å². The van der Waals surface area contributed by atoms with E-state index in [4.69, 9.17) is 0 Å². The van der Waals surface area contributed by atoms with Gasteiger partial charge in [-0.3, -0.25) is 14.6 Å². The number of halogens is 3. The van der Waals surface area contributed by atoms with E-state index < -0.39 is 12.1 Å². The first-order valence-corrected chi connectivity index (χ1v) is 9.37. The van der Waals surface area contributed by atoms with Gasteiger partial charge in [0.15, 0.2) is 0 Å². The Kier molecular flexibility index (Phi) is 4.27. The van der Waals surface area contributed by atoms with Gasteiger partial charge in [0.05, 0.1) is 23.8 Å². The summed E-state index contributed by atoms with van der Waals surface area (Å²) in [6.07, 6.45) is -3.44. The molecule has 0 aliphatic carbocycles. The van der Waals surface area contributed by atoms with Crippen LogP contribution >= 0.6 is 0 Å². The number of amides is 2. The van der Waals surface area contributed by atoms with E-state index in [2.05, 4.69) is 19.6 Å². The van der Waals surface area contributed by atoms with Crippen molar-refractivity contribution in [1.82, 2.24) is 24.9 Å². The summed E-state index contributed by atoms with van der Waals surface area (Å²) in [5.41, 5.74) is 1.54. The molecule has 11 heteroatoms. The molecule has 0 unspecified atom stereocenters. The summed E-state index contributed by atoms with van der Waals surface area (Å²) in [6.45, 7) is 1.08. The third-order valence-corrected chi connectivity index (χ3v) is 5.32. The number of rotatable bonds is 3. The SMILES string of the molecule is O=C(c1ccccc1)N1CC(N2Cc3ncc(-c4noc(C(F)(F)F)n4)cc3C2=O)C1. The lowest BCUT2D eigenvalue weighted by Gasteiger charge is -2.43. The first kappa shape index (κ1) is 19.2. The van der Waals surface area contributed by atoms with Crippen LogP contribution in [0.5, 0.6) is 0 Å². The topological polar surface area (TPSA) is 92.4 Å². The van der Waals surface area contributed by atoms with E-state index in [1.54, 1.807) is 34.1 Å². The zero-order valence-electron chi connectivity index (χ0n) is 15.8. The molecule has 158 valence electrons. The fourth-order valence-electron chi connectivity index (χ4n) is 3.65. The van der Waals surface area contributed by atoms with Crippen molar-refractivity contribution in [3.63, 3.8) is 0 Å². The molecule has 2 aliphatic heterocycles. The Labute approximate surface area is 173 Å². The third-order valence-electron chi connectivity index (χ3n) is 5.32. The molecule has 5 rings (SSSR count). The highest BCUT2D eigenvalue weighted by atomic mass is 19.4. The molecule has 1 saturated heterocycles. The monoisotopic (exact) mass is 429 g/mol. The molecule has 0 N–H and O–H groups in total. The number of hydrogen-bond donors (Lipinski definition) is 0. The fourth-order valence-corrected chi connectivity index (χ4v) is 3.65. The van der Waals surface area contributed by atoms with E-state index in [1.165, 1.54) is 12.3 Å². The van der Waals surface area contributed by atoms with Gasteiger partial charge in [0.25, 0.3) is 11.8 Å². The Hall–Kier alpha value is -3.76. The largest absolute Gasteiger partial charge is 0.471 e. The highest BCUT2D eigenvalue weighted by molar-refractivity contribution is 5.99. The number of hydrogen-bond acceptors (Lipinski definition) is 6. The molecule has 1 fully saturated rings. The molecule has 0 radical (unpaired) electrons. The second kappa shape index (κ2) is 6.89. The second-order valence-electron chi connectivity index (χ2n) is 7.30. The van der Waals surface area contributed by atoms with Crippen molar-refractivity contribution in [2.24, 2.45) is 0 Å². The highest BCUT2D eigenvalue weighted by Crippen LogP contribution is 2.32. The first-order chi connectivity index (χ1) is 14.8. The van der Waals surface area contributed by atoms with Gasteiger partial charge in [-0.05, 0) is 18.2 Å². The molecule has 0 atom stereocenters. The summed E-state index contributed by atoms with van der Waals surface area (Å²) in [5, 5.41) is 3.33. The van der Waals surface area contributed by atoms with Crippen LogP contribution in [0.3, 0.4) is 0 Å². The van der Waals surface area contributed by atoms with Gasteiger partial charge in [0.2, 0.25) is 5.82 Å². The maximum atomic E-state index is 12.9. The average Bonchev–Trinajstić information content (AvgIpc) is 3.33. The number of likely N-dealkylation sites (tertiary alicyclic amines) is 1. The number of fused-ring (bicyclic) bond motifs is 1. The minimum absolute atomic E-state index is 0.0982. The summed E-state index contributed by atoms with van der Waals surface area (Å²) in [6, 6.07) is 10.1. The van der Waals surface area contributed by atoms with Crippen molar-refractivity contribution in [1.29, 1.82) is 0 Å². The Bertz CT molecular complexity index is 1170. The molecule has 8 nitrogen and oxygen atoms in total. The fraction of sp³-hybridized carbons (Fsp3) is 0.250. The van der Waals surface area contributed by atoms with Crippen molar-refractivity contribution in [2.45, 2.75) is 18.8 Å². The Morgan fingerprint density at radius 3 is 2.58 bits per heavy atom. The van der Waals surface area contributed by atoms with Crippen LogP contribution in [-0.4, -0.2) is 55.9 Å². The van der Waals surface area contributed by atoms with E-state index in [1.807, 2.05) is 6.07 Å². The molecule has 31 heavy (non-hydrogen) atoms. The van der Waals surface area contributed by atoms with Crippen LogP contribution in [0.25, 0.3) is 11.4 Å². The van der Waals surface area contributed by atoms with Gasteiger partial charge in [0.1, 0.15) is 0 Å². The molecule has 0 bridgehead atoms. The van der Waals surface area contributed by atoms with Crippen molar-refractivity contribution < 1.29 is 27.3 Å².